The Morgan fingerprint density at radius 1 is 1.28 bits per heavy atom. The SMILES string of the molecule is Cc1ccc(C(=O)NCCCc2ccncc2)s1. The van der Waals surface area contributed by atoms with Crippen molar-refractivity contribution in [1.82, 2.24) is 10.3 Å². The smallest absolute Gasteiger partial charge is 0.261 e. The molecule has 0 bridgehead atoms. The highest BCUT2D eigenvalue weighted by molar-refractivity contribution is 7.13. The van der Waals surface area contributed by atoms with Crippen molar-refractivity contribution in [2.75, 3.05) is 6.54 Å². The molecule has 0 saturated carbocycles. The Bertz CT molecular complexity index is 508. The zero-order valence-corrected chi connectivity index (χ0v) is 11.2. The third-order valence-electron chi connectivity index (χ3n) is 2.64. The Morgan fingerprint density at radius 2 is 2.06 bits per heavy atom. The first kappa shape index (κ1) is 12.8. The summed E-state index contributed by atoms with van der Waals surface area (Å²) in [6.07, 6.45) is 5.50. The molecule has 2 aromatic heterocycles. The maximum atomic E-state index is 11.8. The van der Waals surface area contributed by atoms with Crippen LogP contribution in [0, 0.1) is 6.92 Å². The van der Waals surface area contributed by atoms with Crippen LogP contribution in [0.25, 0.3) is 0 Å². The Labute approximate surface area is 111 Å². The van der Waals surface area contributed by atoms with Crippen molar-refractivity contribution in [2.24, 2.45) is 0 Å². The highest BCUT2D eigenvalue weighted by Gasteiger charge is 2.06. The fourth-order valence-electron chi connectivity index (χ4n) is 1.69. The van der Waals surface area contributed by atoms with Gasteiger partial charge in [0.05, 0.1) is 4.88 Å². The van der Waals surface area contributed by atoms with E-state index in [9.17, 15) is 4.79 Å². The maximum absolute atomic E-state index is 11.8. The Balaban J connectivity index is 1.71. The molecule has 0 unspecified atom stereocenters. The number of carbonyl (C=O) groups is 1. The molecule has 0 aliphatic rings. The third-order valence-corrected chi connectivity index (χ3v) is 3.64. The van der Waals surface area contributed by atoms with Gasteiger partial charge in [-0.3, -0.25) is 9.78 Å². The van der Waals surface area contributed by atoms with Crippen LogP contribution in [-0.4, -0.2) is 17.4 Å². The highest BCUT2D eigenvalue weighted by Crippen LogP contribution is 2.14. The van der Waals surface area contributed by atoms with Crippen LogP contribution in [0.3, 0.4) is 0 Å². The average Bonchev–Trinajstić information content (AvgIpc) is 2.82. The summed E-state index contributed by atoms with van der Waals surface area (Å²) in [6.45, 7) is 2.71. The molecule has 3 nitrogen and oxygen atoms in total. The molecule has 1 amide bonds. The number of rotatable bonds is 5. The van der Waals surface area contributed by atoms with Gasteiger partial charge in [-0.15, -0.1) is 11.3 Å². The maximum Gasteiger partial charge on any atom is 0.261 e. The van der Waals surface area contributed by atoms with Crippen LogP contribution in [-0.2, 0) is 6.42 Å². The monoisotopic (exact) mass is 260 g/mol. The van der Waals surface area contributed by atoms with Gasteiger partial charge in [0.2, 0.25) is 0 Å². The lowest BCUT2D eigenvalue weighted by Crippen LogP contribution is -2.23. The van der Waals surface area contributed by atoms with Gasteiger partial charge in [0, 0.05) is 23.8 Å². The van der Waals surface area contributed by atoms with Crippen LogP contribution in [0.15, 0.2) is 36.7 Å². The van der Waals surface area contributed by atoms with Crippen LogP contribution in [0.4, 0.5) is 0 Å². The van der Waals surface area contributed by atoms with Gasteiger partial charge in [0.25, 0.3) is 5.91 Å². The number of pyridine rings is 1. The molecule has 94 valence electrons. The van der Waals surface area contributed by atoms with E-state index in [1.807, 2.05) is 31.2 Å². The molecule has 0 spiro atoms. The predicted octanol–water partition coefficient (Wildman–Crippen LogP) is 2.81. The van der Waals surface area contributed by atoms with Crippen LogP contribution in [0.5, 0.6) is 0 Å². The number of aromatic nitrogens is 1. The molecule has 2 rings (SSSR count). The number of nitrogens with one attached hydrogen (secondary N) is 1. The number of carbonyl (C=O) groups excluding carboxylic acids is 1. The van der Waals surface area contributed by atoms with Gasteiger partial charge < -0.3 is 5.32 Å². The second-order valence-corrected chi connectivity index (χ2v) is 5.41. The standard InChI is InChI=1S/C14H16N2OS/c1-11-4-5-13(18-11)14(17)16-8-2-3-12-6-9-15-10-7-12/h4-7,9-10H,2-3,8H2,1H3,(H,16,17). The lowest BCUT2D eigenvalue weighted by atomic mass is 10.1. The van der Waals surface area contributed by atoms with E-state index in [1.54, 1.807) is 12.4 Å². The van der Waals surface area contributed by atoms with Crippen molar-refractivity contribution < 1.29 is 4.79 Å². The second kappa shape index (κ2) is 6.31. The zero-order chi connectivity index (χ0) is 12.8. The molecule has 18 heavy (non-hydrogen) atoms. The molecule has 0 aromatic carbocycles. The van der Waals surface area contributed by atoms with E-state index in [2.05, 4.69) is 10.3 Å². The fourth-order valence-corrected chi connectivity index (χ4v) is 2.47. The number of aryl methyl sites for hydroxylation is 2. The van der Waals surface area contributed by atoms with E-state index in [-0.39, 0.29) is 5.91 Å². The Kier molecular flexibility index (Phi) is 4.47. The van der Waals surface area contributed by atoms with Crippen molar-refractivity contribution >= 4 is 17.2 Å². The summed E-state index contributed by atoms with van der Waals surface area (Å²) < 4.78 is 0. The number of hydrogen-bond donors (Lipinski definition) is 1. The number of nitrogens with zero attached hydrogens (tertiary/aromatic N) is 1. The lowest BCUT2D eigenvalue weighted by Gasteiger charge is -2.03. The van der Waals surface area contributed by atoms with E-state index >= 15 is 0 Å². The van der Waals surface area contributed by atoms with Gasteiger partial charge in [0.15, 0.2) is 0 Å². The van der Waals surface area contributed by atoms with Crippen LogP contribution < -0.4 is 5.32 Å². The molecule has 1 N–H and O–H groups in total. The van der Waals surface area contributed by atoms with Gasteiger partial charge in [0.1, 0.15) is 0 Å². The summed E-state index contributed by atoms with van der Waals surface area (Å²) in [7, 11) is 0. The van der Waals surface area contributed by atoms with E-state index in [1.165, 1.54) is 16.9 Å². The highest BCUT2D eigenvalue weighted by atomic mass is 32.1. The Hall–Kier alpha value is -1.68. The summed E-state index contributed by atoms with van der Waals surface area (Å²) in [6, 6.07) is 7.85. The molecule has 4 heteroatoms. The Morgan fingerprint density at radius 3 is 2.72 bits per heavy atom. The second-order valence-electron chi connectivity index (χ2n) is 4.13. The van der Waals surface area contributed by atoms with Gasteiger partial charge in [-0.1, -0.05) is 0 Å². The molecule has 2 heterocycles. The summed E-state index contributed by atoms with van der Waals surface area (Å²) in [4.78, 5) is 17.7. The first-order valence-corrected chi connectivity index (χ1v) is 6.81. The van der Waals surface area contributed by atoms with Crippen LogP contribution >= 0.6 is 11.3 Å². The molecule has 0 fully saturated rings. The molecule has 0 radical (unpaired) electrons. The van der Waals surface area contributed by atoms with Crippen molar-refractivity contribution in [1.29, 1.82) is 0 Å². The normalized spacial score (nSPS) is 10.3. The zero-order valence-electron chi connectivity index (χ0n) is 10.3. The number of thiophene rings is 1. The van der Waals surface area contributed by atoms with Gasteiger partial charge in [-0.2, -0.15) is 0 Å². The summed E-state index contributed by atoms with van der Waals surface area (Å²) >= 11 is 1.53. The minimum Gasteiger partial charge on any atom is -0.351 e. The van der Waals surface area contributed by atoms with Crippen molar-refractivity contribution in [3.63, 3.8) is 0 Å². The lowest BCUT2D eigenvalue weighted by molar-refractivity contribution is 0.0957. The first-order chi connectivity index (χ1) is 8.75. The van der Waals surface area contributed by atoms with Gasteiger partial charge in [-0.05, 0) is 49.6 Å². The molecule has 0 aliphatic heterocycles. The van der Waals surface area contributed by atoms with Crippen molar-refractivity contribution in [3.8, 4) is 0 Å². The van der Waals surface area contributed by atoms with Crippen LogP contribution in [0.1, 0.15) is 26.5 Å². The minimum absolute atomic E-state index is 0.0304. The number of amides is 1. The quantitative estimate of drug-likeness (QED) is 0.840. The van der Waals surface area contributed by atoms with Crippen molar-refractivity contribution in [2.45, 2.75) is 19.8 Å². The minimum atomic E-state index is 0.0304. The topological polar surface area (TPSA) is 42.0 Å². The molecular formula is C14H16N2OS. The van der Waals surface area contributed by atoms with Crippen molar-refractivity contribution in [3.05, 3.63) is 52.0 Å². The fraction of sp³-hybridized carbons (Fsp3) is 0.286. The van der Waals surface area contributed by atoms with Gasteiger partial charge in [-0.25, -0.2) is 0 Å². The van der Waals surface area contributed by atoms with E-state index in [0.717, 1.165) is 22.6 Å². The van der Waals surface area contributed by atoms with Gasteiger partial charge >= 0.3 is 0 Å². The molecule has 2 aromatic rings. The average molecular weight is 260 g/mol. The summed E-state index contributed by atoms with van der Waals surface area (Å²) in [5, 5.41) is 2.94. The summed E-state index contributed by atoms with van der Waals surface area (Å²) in [5.74, 6) is 0.0304. The predicted molar refractivity (Wildman–Crippen MR) is 73.9 cm³/mol. The van der Waals surface area contributed by atoms with E-state index in [4.69, 9.17) is 0 Å². The molecule has 0 saturated heterocycles. The van der Waals surface area contributed by atoms with E-state index < -0.39 is 0 Å². The molecular weight excluding hydrogens is 244 g/mol. The number of hydrogen-bond acceptors (Lipinski definition) is 3. The van der Waals surface area contributed by atoms with E-state index in [0.29, 0.717) is 6.54 Å². The third kappa shape index (κ3) is 3.67. The van der Waals surface area contributed by atoms with Crippen LogP contribution in [0.2, 0.25) is 0 Å². The summed E-state index contributed by atoms with van der Waals surface area (Å²) in [5.41, 5.74) is 1.26. The first-order valence-electron chi connectivity index (χ1n) is 5.99. The largest absolute Gasteiger partial charge is 0.351 e. The molecule has 0 atom stereocenters. The molecule has 0 aliphatic carbocycles.